The van der Waals surface area contributed by atoms with Crippen molar-refractivity contribution in [1.82, 2.24) is 14.8 Å². The molecule has 1 saturated carbocycles. The van der Waals surface area contributed by atoms with Crippen molar-refractivity contribution in [3.8, 4) is 11.5 Å². The highest BCUT2D eigenvalue weighted by Gasteiger charge is 2.53. The number of fused-ring (bicyclic) bond motifs is 3. The highest BCUT2D eigenvalue weighted by atomic mass is 16.5. The maximum atomic E-state index is 15.0. The standard InChI is InChI=1S/C39H38N4O6/c1-48-30-13-14-33(34(20-30)49-2)41-38(47)39(16-15-28-18-26-9-3-4-10-27(26)19-29(28)21-39)43(23-25-8-7-17-40-22-25)35(44)24-42-36(45)31-11-5-6-12-32(31)37(42)46/h3-14,17,20,22,28-29H,15-16,18-19,21,23-24H2,1-2H3,(H,41,47)/t28-,29+,39?/m1/s1. The van der Waals surface area contributed by atoms with E-state index >= 15 is 0 Å². The van der Waals surface area contributed by atoms with Crippen molar-refractivity contribution in [3.63, 3.8) is 0 Å². The Hall–Kier alpha value is -5.51. The molecule has 2 heterocycles. The van der Waals surface area contributed by atoms with Crippen LogP contribution in [-0.4, -0.2) is 64.7 Å². The van der Waals surface area contributed by atoms with E-state index < -0.39 is 29.8 Å². The Morgan fingerprint density at radius 3 is 2.24 bits per heavy atom. The summed E-state index contributed by atoms with van der Waals surface area (Å²) in [5.41, 5.74) is 2.97. The molecule has 4 amide bonds. The average molecular weight is 659 g/mol. The second-order valence-electron chi connectivity index (χ2n) is 13.1. The SMILES string of the molecule is COc1ccc(NC(=O)C2(N(Cc3cccnc3)C(=O)CN3C(=O)c4ccccc4C3=O)CC[C@@H]3Cc4ccccc4C[C@H]3C2)c(OC)c1. The Kier molecular flexibility index (Phi) is 8.62. The fourth-order valence-electron chi connectivity index (χ4n) is 7.86. The van der Waals surface area contributed by atoms with Crippen LogP contribution in [0.1, 0.15) is 56.7 Å². The van der Waals surface area contributed by atoms with Gasteiger partial charge in [-0.25, -0.2) is 0 Å². The molecule has 49 heavy (non-hydrogen) atoms. The van der Waals surface area contributed by atoms with Crippen LogP contribution < -0.4 is 14.8 Å². The second-order valence-corrected chi connectivity index (χ2v) is 13.1. The summed E-state index contributed by atoms with van der Waals surface area (Å²) in [6.45, 7) is -0.429. The van der Waals surface area contributed by atoms with E-state index in [9.17, 15) is 19.2 Å². The Morgan fingerprint density at radius 1 is 0.898 bits per heavy atom. The molecule has 0 spiro atoms. The number of amides is 4. The summed E-state index contributed by atoms with van der Waals surface area (Å²) in [5, 5.41) is 3.11. The van der Waals surface area contributed by atoms with E-state index in [1.807, 2.05) is 12.1 Å². The first-order chi connectivity index (χ1) is 23.8. The lowest BCUT2D eigenvalue weighted by molar-refractivity contribution is -0.151. The number of pyridine rings is 1. The number of anilines is 1. The van der Waals surface area contributed by atoms with Crippen molar-refractivity contribution >= 4 is 29.3 Å². The van der Waals surface area contributed by atoms with Gasteiger partial charge in [0, 0.05) is 25.0 Å². The van der Waals surface area contributed by atoms with Gasteiger partial charge >= 0.3 is 0 Å². The summed E-state index contributed by atoms with van der Waals surface area (Å²) in [7, 11) is 3.07. The van der Waals surface area contributed by atoms with Gasteiger partial charge in [0.15, 0.2) is 0 Å². The van der Waals surface area contributed by atoms with Crippen LogP contribution in [0.3, 0.4) is 0 Å². The molecule has 10 nitrogen and oxygen atoms in total. The van der Waals surface area contributed by atoms with Gasteiger partial charge in [-0.15, -0.1) is 0 Å². The van der Waals surface area contributed by atoms with Crippen LogP contribution in [0.25, 0.3) is 0 Å². The van der Waals surface area contributed by atoms with E-state index in [0.29, 0.717) is 35.9 Å². The largest absolute Gasteiger partial charge is 0.497 e. The van der Waals surface area contributed by atoms with Crippen LogP contribution in [0.4, 0.5) is 5.69 Å². The predicted octanol–water partition coefficient (Wildman–Crippen LogP) is 5.32. The molecule has 1 N–H and O–H groups in total. The van der Waals surface area contributed by atoms with Crippen molar-refractivity contribution in [3.05, 3.63) is 119 Å². The molecule has 250 valence electrons. The highest BCUT2D eigenvalue weighted by molar-refractivity contribution is 6.22. The lowest BCUT2D eigenvalue weighted by Gasteiger charge is -2.51. The molecule has 7 rings (SSSR count). The molecule has 1 aliphatic heterocycles. The molecule has 0 bridgehead atoms. The van der Waals surface area contributed by atoms with Crippen LogP contribution >= 0.6 is 0 Å². The van der Waals surface area contributed by atoms with Crippen LogP contribution in [0.15, 0.2) is 91.3 Å². The zero-order valence-electron chi connectivity index (χ0n) is 27.6. The third-order valence-corrected chi connectivity index (χ3v) is 10.4. The molecule has 10 heteroatoms. The third kappa shape index (κ3) is 5.92. The van der Waals surface area contributed by atoms with E-state index in [-0.39, 0.29) is 29.5 Å². The third-order valence-electron chi connectivity index (χ3n) is 10.4. The zero-order chi connectivity index (χ0) is 34.1. The first kappa shape index (κ1) is 32.1. The van der Waals surface area contributed by atoms with Gasteiger partial charge in [-0.3, -0.25) is 29.1 Å². The Balaban J connectivity index is 1.29. The lowest BCUT2D eigenvalue weighted by atomic mass is 9.62. The van der Waals surface area contributed by atoms with Crippen LogP contribution in [0, 0.1) is 11.8 Å². The lowest BCUT2D eigenvalue weighted by Crippen LogP contribution is -2.63. The van der Waals surface area contributed by atoms with E-state index in [0.717, 1.165) is 29.7 Å². The molecule has 4 aromatic rings. The number of carbonyl (C=O) groups excluding carboxylic acids is 4. The van der Waals surface area contributed by atoms with Crippen LogP contribution in [-0.2, 0) is 29.0 Å². The van der Waals surface area contributed by atoms with E-state index in [2.05, 4.69) is 28.5 Å². The van der Waals surface area contributed by atoms with Crippen LogP contribution in [0.5, 0.6) is 11.5 Å². The number of ether oxygens (including phenoxy) is 2. The number of rotatable bonds is 9. The summed E-state index contributed by atoms with van der Waals surface area (Å²) in [5.74, 6) is -0.445. The Morgan fingerprint density at radius 2 is 1.59 bits per heavy atom. The van der Waals surface area contributed by atoms with Crippen molar-refractivity contribution < 1.29 is 28.7 Å². The molecular formula is C39H38N4O6. The Bertz CT molecular complexity index is 1890. The normalized spacial score (nSPS) is 20.9. The second kappa shape index (κ2) is 13.2. The fourth-order valence-corrected chi connectivity index (χ4v) is 7.86. The minimum atomic E-state index is -1.32. The maximum absolute atomic E-state index is 15.0. The number of nitrogens with one attached hydrogen (secondary N) is 1. The highest BCUT2D eigenvalue weighted by Crippen LogP contribution is 2.47. The number of nitrogens with zero attached hydrogens (tertiary/aromatic N) is 3. The van der Waals surface area contributed by atoms with Gasteiger partial charge in [0.2, 0.25) is 11.8 Å². The van der Waals surface area contributed by atoms with Crippen LogP contribution in [0.2, 0.25) is 0 Å². The summed E-state index contributed by atoms with van der Waals surface area (Å²) in [6, 6.07) is 23.8. The fraction of sp³-hybridized carbons (Fsp3) is 0.308. The number of hydrogen-bond donors (Lipinski definition) is 1. The van der Waals surface area contributed by atoms with E-state index in [1.165, 1.54) is 18.2 Å². The zero-order valence-corrected chi connectivity index (χ0v) is 27.6. The molecule has 3 atom stereocenters. The Labute approximate surface area is 285 Å². The number of imide groups is 1. The molecule has 3 aliphatic rings. The van der Waals surface area contributed by atoms with Gasteiger partial charge in [-0.2, -0.15) is 0 Å². The minimum Gasteiger partial charge on any atom is -0.497 e. The van der Waals surface area contributed by atoms with Crippen molar-refractivity contribution in [2.24, 2.45) is 11.8 Å². The molecule has 1 fully saturated rings. The molecule has 2 aliphatic carbocycles. The van der Waals surface area contributed by atoms with Gasteiger partial charge < -0.3 is 19.7 Å². The number of benzene rings is 3. The average Bonchev–Trinajstić information content (AvgIpc) is 3.37. The van der Waals surface area contributed by atoms with Gasteiger partial charge in [0.1, 0.15) is 23.6 Å². The summed E-state index contributed by atoms with van der Waals surface area (Å²) >= 11 is 0. The van der Waals surface area contributed by atoms with Gasteiger partial charge in [-0.1, -0.05) is 42.5 Å². The molecular weight excluding hydrogens is 620 g/mol. The summed E-state index contributed by atoms with van der Waals surface area (Å²) < 4.78 is 11.0. The van der Waals surface area contributed by atoms with Crippen molar-refractivity contribution in [2.75, 3.05) is 26.1 Å². The summed E-state index contributed by atoms with van der Waals surface area (Å²) in [6.07, 6.45) is 6.54. The first-order valence-electron chi connectivity index (χ1n) is 16.6. The topological polar surface area (TPSA) is 118 Å². The minimum absolute atomic E-state index is 0.0665. The number of methoxy groups -OCH3 is 2. The van der Waals surface area contributed by atoms with Gasteiger partial charge in [0.25, 0.3) is 11.8 Å². The number of hydrogen-bond acceptors (Lipinski definition) is 7. The number of aromatic nitrogens is 1. The first-order valence-corrected chi connectivity index (χ1v) is 16.6. The molecule has 1 unspecified atom stereocenters. The van der Waals surface area contributed by atoms with E-state index in [4.69, 9.17) is 9.47 Å². The quantitative estimate of drug-likeness (QED) is 0.242. The monoisotopic (exact) mass is 658 g/mol. The molecule has 0 radical (unpaired) electrons. The smallest absolute Gasteiger partial charge is 0.262 e. The molecule has 1 aromatic heterocycles. The maximum Gasteiger partial charge on any atom is 0.262 e. The molecule has 3 aromatic carbocycles. The van der Waals surface area contributed by atoms with Crippen molar-refractivity contribution in [1.29, 1.82) is 0 Å². The van der Waals surface area contributed by atoms with Gasteiger partial charge in [0.05, 0.1) is 31.0 Å². The van der Waals surface area contributed by atoms with Crippen molar-refractivity contribution in [2.45, 2.75) is 44.2 Å². The summed E-state index contributed by atoms with van der Waals surface area (Å²) in [4.78, 5) is 63.3. The van der Waals surface area contributed by atoms with E-state index in [1.54, 1.807) is 72.9 Å². The van der Waals surface area contributed by atoms with Gasteiger partial charge in [-0.05, 0) is 91.0 Å². The number of carbonyl (C=O) groups is 4. The predicted molar refractivity (Wildman–Crippen MR) is 182 cm³/mol. The molecule has 0 saturated heterocycles.